The number of benzene rings is 4. The lowest BCUT2D eigenvalue weighted by Crippen LogP contribution is -2.59. The molecule has 0 radical (unpaired) electrons. The molecule has 8 N–H and O–H groups in total. The number of anilines is 1. The number of hydrogen-bond donors (Lipinski definition) is 7. The van der Waals surface area contributed by atoms with E-state index in [0.29, 0.717) is 24.1 Å². The van der Waals surface area contributed by atoms with Crippen molar-refractivity contribution < 1.29 is 38.3 Å². The number of hydrogen-bond acceptors (Lipinski definition) is 8. The van der Waals surface area contributed by atoms with Crippen molar-refractivity contribution in [2.75, 3.05) is 18.9 Å². The summed E-state index contributed by atoms with van der Waals surface area (Å²) in [5.74, 6) is -4.29. The van der Waals surface area contributed by atoms with Crippen molar-refractivity contribution in [2.45, 2.75) is 97.0 Å². The Morgan fingerprint density at radius 2 is 1.33 bits per heavy atom. The van der Waals surface area contributed by atoms with E-state index in [1.54, 1.807) is 81.6 Å². The van der Waals surface area contributed by atoms with E-state index in [1.165, 1.54) is 7.05 Å². The van der Waals surface area contributed by atoms with E-state index in [4.69, 9.17) is 10.5 Å². The number of rotatable bonds is 22. The lowest BCUT2D eigenvalue weighted by molar-refractivity contribution is -0.150. The summed E-state index contributed by atoms with van der Waals surface area (Å²) < 4.78 is 5.53. The fraction of sp³-hybridized carbons (Fsp3) is 0.353. The fourth-order valence-corrected chi connectivity index (χ4v) is 7.30. The number of amides is 7. The molecule has 0 unspecified atom stereocenters. The van der Waals surface area contributed by atoms with Gasteiger partial charge in [-0.25, -0.2) is 4.79 Å². The number of carbonyl (C=O) groups is 7. The summed E-state index contributed by atoms with van der Waals surface area (Å²) in [6.45, 7) is 7.15. The van der Waals surface area contributed by atoms with Gasteiger partial charge in [-0.15, -0.1) is 0 Å². The average molecular weight is 915 g/mol. The molecule has 67 heavy (non-hydrogen) atoms. The lowest BCUT2D eigenvalue weighted by Gasteiger charge is -2.31. The number of ether oxygens (including phenoxy) is 1. The Morgan fingerprint density at radius 3 is 2.00 bits per heavy atom. The third-order valence-electron chi connectivity index (χ3n) is 11.3. The van der Waals surface area contributed by atoms with Crippen molar-refractivity contribution in [2.24, 2.45) is 11.1 Å². The van der Waals surface area contributed by atoms with Gasteiger partial charge in [-0.05, 0) is 60.6 Å². The summed E-state index contributed by atoms with van der Waals surface area (Å²) in [6, 6.07) is 27.1. The number of primary amides is 1. The van der Waals surface area contributed by atoms with Crippen molar-refractivity contribution >= 4 is 58.1 Å². The minimum absolute atomic E-state index is 0.0266. The Balaban J connectivity index is 1.40. The van der Waals surface area contributed by atoms with Crippen LogP contribution >= 0.6 is 0 Å². The molecule has 7 amide bonds. The number of nitrogens with one attached hydrogen (secondary N) is 6. The zero-order valence-electron chi connectivity index (χ0n) is 38.7. The highest BCUT2D eigenvalue weighted by Gasteiger charge is 2.36. The molecule has 5 rings (SSSR count). The van der Waals surface area contributed by atoms with E-state index in [-0.39, 0.29) is 32.4 Å². The molecule has 0 saturated carbocycles. The standard InChI is InChI=1S/C51H62N8O8/c1-33-18-12-14-24-38(33)58-50(66)53-27-17-16-26-40(55-47(63)41(57-49(65)51(2,3)4)29-36-31-54-39-25-15-13-23-37(36)39)46(62)56-42(30-44(60)67-32-35-21-10-7-11-22-35)48(64)59(5)43(45(52)61)28-34-19-8-6-9-20-34/h6-15,18-25,31,40-43,54H,16-17,26-30,32H2,1-5H3,(H2,52,61)(H,55,63)(H,56,62)(H,57,65)(H2,53,58,66)/t40-,41-,42-,43-/m0/s1. The highest BCUT2D eigenvalue weighted by molar-refractivity contribution is 5.97. The normalized spacial score (nSPS) is 13.0. The Morgan fingerprint density at radius 1 is 0.716 bits per heavy atom. The molecule has 0 aliphatic rings. The van der Waals surface area contributed by atoms with Crippen LogP contribution in [-0.4, -0.2) is 89.2 Å². The quantitative estimate of drug-likeness (QED) is 0.0359. The van der Waals surface area contributed by atoms with Crippen LogP contribution in [0.15, 0.2) is 115 Å². The third kappa shape index (κ3) is 15.3. The van der Waals surface area contributed by atoms with Crippen molar-refractivity contribution in [3.05, 3.63) is 138 Å². The van der Waals surface area contributed by atoms with Crippen LogP contribution in [0.4, 0.5) is 10.5 Å². The molecular formula is C51H62N8O8. The number of urea groups is 1. The molecular weight excluding hydrogens is 853 g/mol. The lowest BCUT2D eigenvalue weighted by atomic mass is 9.94. The van der Waals surface area contributed by atoms with E-state index in [0.717, 1.165) is 32.5 Å². The van der Waals surface area contributed by atoms with Crippen LogP contribution in [0.3, 0.4) is 0 Å². The Hall–Kier alpha value is -7.49. The molecule has 1 aromatic heterocycles. The van der Waals surface area contributed by atoms with Gasteiger partial charge in [0.15, 0.2) is 0 Å². The van der Waals surface area contributed by atoms with Gasteiger partial charge in [0.25, 0.3) is 0 Å². The van der Waals surface area contributed by atoms with Crippen LogP contribution in [0.2, 0.25) is 0 Å². The summed E-state index contributed by atoms with van der Waals surface area (Å²) in [7, 11) is 1.36. The zero-order chi connectivity index (χ0) is 48.5. The first-order valence-corrected chi connectivity index (χ1v) is 22.4. The Labute approximate surface area is 391 Å². The van der Waals surface area contributed by atoms with Crippen molar-refractivity contribution in [1.29, 1.82) is 0 Å². The van der Waals surface area contributed by atoms with Gasteiger partial charge in [-0.3, -0.25) is 28.8 Å². The first kappa shape index (κ1) is 50.5. The first-order valence-electron chi connectivity index (χ1n) is 22.4. The van der Waals surface area contributed by atoms with E-state index >= 15 is 0 Å². The predicted molar refractivity (Wildman–Crippen MR) is 256 cm³/mol. The van der Waals surface area contributed by atoms with Crippen molar-refractivity contribution in [3.63, 3.8) is 0 Å². The van der Waals surface area contributed by atoms with Gasteiger partial charge in [-0.2, -0.15) is 0 Å². The maximum absolute atomic E-state index is 14.6. The second-order valence-corrected chi connectivity index (χ2v) is 17.6. The number of nitrogens with zero attached hydrogens (tertiary/aromatic N) is 1. The number of para-hydroxylation sites is 2. The van der Waals surface area contributed by atoms with Gasteiger partial charge in [-0.1, -0.05) is 118 Å². The number of unbranched alkanes of at least 4 members (excludes halogenated alkanes) is 1. The van der Waals surface area contributed by atoms with Gasteiger partial charge in [0.05, 0.1) is 6.42 Å². The molecule has 0 bridgehead atoms. The van der Waals surface area contributed by atoms with Crippen LogP contribution in [0.1, 0.15) is 68.7 Å². The van der Waals surface area contributed by atoms with Gasteiger partial charge >= 0.3 is 12.0 Å². The second-order valence-electron chi connectivity index (χ2n) is 17.6. The minimum Gasteiger partial charge on any atom is -0.461 e. The summed E-state index contributed by atoms with van der Waals surface area (Å²) >= 11 is 0. The van der Waals surface area contributed by atoms with Crippen molar-refractivity contribution in [3.8, 4) is 0 Å². The summed E-state index contributed by atoms with van der Waals surface area (Å²) in [5, 5.41) is 14.9. The maximum atomic E-state index is 14.6. The van der Waals surface area contributed by atoms with E-state index in [1.807, 2.05) is 61.5 Å². The molecule has 0 saturated heterocycles. The van der Waals surface area contributed by atoms with Gasteiger partial charge < -0.3 is 46.9 Å². The highest BCUT2D eigenvalue weighted by Crippen LogP contribution is 2.21. The number of aromatic nitrogens is 1. The number of fused-ring (bicyclic) bond motifs is 1. The Bertz CT molecular complexity index is 2490. The number of carbonyl (C=O) groups excluding carboxylic acids is 7. The molecule has 354 valence electrons. The zero-order valence-corrected chi connectivity index (χ0v) is 38.7. The largest absolute Gasteiger partial charge is 0.461 e. The predicted octanol–water partition coefficient (Wildman–Crippen LogP) is 5.20. The topological polar surface area (TPSA) is 234 Å². The molecule has 1 heterocycles. The molecule has 4 atom stereocenters. The van der Waals surface area contributed by atoms with Crippen LogP contribution < -0.4 is 32.3 Å². The van der Waals surface area contributed by atoms with Crippen LogP contribution in [0, 0.1) is 12.3 Å². The van der Waals surface area contributed by atoms with Gasteiger partial charge in [0, 0.05) is 54.6 Å². The molecule has 0 spiro atoms. The number of H-pyrrole nitrogens is 1. The Kier molecular flexibility index (Phi) is 18.2. The SMILES string of the molecule is Cc1ccccc1NC(=O)NCCCC[C@H](NC(=O)[C@H](Cc1c[nH]c2ccccc12)NC(=O)C(C)(C)C)C(=O)N[C@@H](CC(=O)OCc1ccccc1)C(=O)N(C)[C@@H](Cc1ccccc1)C(N)=O. The smallest absolute Gasteiger partial charge is 0.319 e. The minimum atomic E-state index is -1.56. The number of esters is 1. The molecule has 4 aromatic carbocycles. The summed E-state index contributed by atoms with van der Waals surface area (Å²) in [4.78, 5) is 100. The van der Waals surface area contributed by atoms with Crippen LogP contribution in [-0.2, 0) is 53.0 Å². The second kappa shape index (κ2) is 24.2. The maximum Gasteiger partial charge on any atom is 0.319 e. The highest BCUT2D eigenvalue weighted by atomic mass is 16.5. The van der Waals surface area contributed by atoms with E-state index < -0.39 is 77.5 Å². The number of aromatic amines is 1. The van der Waals surface area contributed by atoms with Gasteiger partial charge in [0.1, 0.15) is 30.8 Å². The molecule has 0 aliphatic heterocycles. The number of nitrogens with two attached hydrogens (primary N) is 1. The van der Waals surface area contributed by atoms with E-state index in [2.05, 4.69) is 31.6 Å². The number of likely N-dealkylation sites (N-methyl/N-ethyl adjacent to an activating group) is 1. The first-order chi connectivity index (χ1) is 32.0. The molecule has 16 nitrogen and oxygen atoms in total. The fourth-order valence-electron chi connectivity index (χ4n) is 7.30. The number of aryl methyl sites for hydroxylation is 1. The molecule has 5 aromatic rings. The summed E-state index contributed by atoms with van der Waals surface area (Å²) in [6.07, 6.45) is 2.00. The molecule has 16 heteroatoms. The molecule has 0 aliphatic carbocycles. The third-order valence-corrected chi connectivity index (χ3v) is 11.3. The van der Waals surface area contributed by atoms with Crippen LogP contribution in [0.5, 0.6) is 0 Å². The molecule has 0 fully saturated rings. The van der Waals surface area contributed by atoms with Gasteiger partial charge in [0.2, 0.25) is 29.5 Å². The van der Waals surface area contributed by atoms with E-state index in [9.17, 15) is 33.6 Å². The van der Waals surface area contributed by atoms with Crippen LogP contribution in [0.25, 0.3) is 10.9 Å². The van der Waals surface area contributed by atoms with Crippen molar-refractivity contribution in [1.82, 2.24) is 31.2 Å². The summed E-state index contributed by atoms with van der Waals surface area (Å²) in [5.41, 5.74) is 9.51. The monoisotopic (exact) mass is 914 g/mol. The average Bonchev–Trinajstić information content (AvgIpc) is 3.72.